The zero-order valence-electron chi connectivity index (χ0n) is 10.7. The summed E-state index contributed by atoms with van der Waals surface area (Å²) in [6, 6.07) is 12.4. The van der Waals surface area contributed by atoms with Gasteiger partial charge in [0.2, 0.25) is 0 Å². The van der Waals surface area contributed by atoms with Crippen molar-refractivity contribution in [3.05, 3.63) is 69.6 Å². The fourth-order valence-electron chi connectivity index (χ4n) is 2.04. The van der Waals surface area contributed by atoms with Gasteiger partial charge in [-0.15, -0.1) is 0 Å². The van der Waals surface area contributed by atoms with Crippen molar-refractivity contribution in [2.24, 2.45) is 0 Å². The second kappa shape index (κ2) is 5.52. The Hall–Kier alpha value is -2.36. The number of carboxylic acids is 1. The van der Waals surface area contributed by atoms with Gasteiger partial charge in [-0.25, -0.2) is 0 Å². The first-order chi connectivity index (χ1) is 9.08. The zero-order valence-corrected chi connectivity index (χ0v) is 10.7. The molecule has 4 heteroatoms. The molecule has 0 spiro atoms. The average Bonchev–Trinajstić information content (AvgIpc) is 2.35. The highest BCUT2D eigenvalue weighted by Gasteiger charge is 2.08. The largest absolute Gasteiger partial charge is 0.481 e. The van der Waals surface area contributed by atoms with Crippen molar-refractivity contribution in [2.75, 3.05) is 0 Å². The molecule has 0 bridgehead atoms. The number of rotatable bonds is 4. The number of aromatic nitrogens is 1. The number of pyridine rings is 1. The van der Waals surface area contributed by atoms with Crippen molar-refractivity contribution in [3.8, 4) is 0 Å². The number of nitrogens with zero attached hydrogens (tertiary/aromatic N) is 1. The molecule has 1 heterocycles. The van der Waals surface area contributed by atoms with Crippen molar-refractivity contribution in [2.45, 2.75) is 19.9 Å². The number of hydrogen-bond acceptors (Lipinski definition) is 2. The summed E-state index contributed by atoms with van der Waals surface area (Å²) in [4.78, 5) is 22.7. The third kappa shape index (κ3) is 3.10. The molecule has 2 rings (SSSR count). The second-order valence-corrected chi connectivity index (χ2v) is 4.43. The summed E-state index contributed by atoms with van der Waals surface area (Å²) >= 11 is 0. The van der Waals surface area contributed by atoms with E-state index in [1.54, 1.807) is 16.7 Å². The van der Waals surface area contributed by atoms with E-state index in [1.165, 1.54) is 6.07 Å². The van der Waals surface area contributed by atoms with E-state index in [-0.39, 0.29) is 12.0 Å². The number of benzene rings is 1. The lowest BCUT2D eigenvalue weighted by Gasteiger charge is -2.12. The highest BCUT2D eigenvalue weighted by atomic mass is 16.4. The fraction of sp³-hybridized carbons (Fsp3) is 0.200. The Balaban J connectivity index is 2.38. The first-order valence-electron chi connectivity index (χ1n) is 6.03. The van der Waals surface area contributed by atoms with Crippen molar-refractivity contribution in [1.82, 2.24) is 4.57 Å². The van der Waals surface area contributed by atoms with E-state index < -0.39 is 5.97 Å². The van der Waals surface area contributed by atoms with Gasteiger partial charge in [0.25, 0.3) is 5.56 Å². The lowest BCUT2D eigenvalue weighted by molar-refractivity contribution is -0.136. The minimum atomic E-state index is -0.871. The predicted octanol–water partition coefficient (Wildman–Crippen LogP) is 1.83. The normalized spacial score (nSPS) is 10.4. The SMILES string of the molecule is Cc1cccc(=O)n1Cc1ccccc1CC(=O)O. The van der Waals surface area contributed by atoms with Gasteiger partial charge in [0.05, 0.1) is 13.0 Å². The number of carboxylic acid groups (broad SMARTS) is 1. The van der Waals surface area contributed by atoms with Crippen LogP contribution in [0.15, 0.2) is 47.3 Å². The maximum atomic E-state index is 11.8. The van der Waals surface area contributed by atoms with Crippen LogP contribution in [-0.4, -0.2) is 15.6 Å². The molecule has 1 N–H and O–H groups in total. The summed E-state index contributed by atoms with van der Waals surface area (Å²) in [6.45, 7) is 2.26. The summed E-state index contributed by atoms with van der Waals surface area (Å²) in [5.41, 5.74) is 2.38. The molecule has 2 aromatic rings. The minimum absolute atomic E-state index is 0.0309. The molecule has 0 unspecified atom stereocenters. The molecular formula is C15H15NO3. The average molecular weight is 257 g/mol. The standard InChI is InChI=1S/C15H15NO3/c1-11-5-4-8-14(17)16(11)10-13-7-3-2-6-12(13)9-15(18)19/h2-8H,9-10H2,1H3,(H,18,19). The highest BCUT2D eigenvalue weighted by molar-refractivity contribution is 5.70. The van der Waals surface area contributed by atoms with Crippen LogP contribution in [0, 0.1) is 6.92 Å². The topological polar surface area (TPSA) is 59.3 Å². The van der Waals surface area contributed by atoms with Crippen molar-refractivity contribution in [1.29, 1.82) is 0 Å². The van der Waals surface area contributed by atoms with Gasteiger partial charge in [0.15, 0.2) is 0 Å². The molecule has 0 saturated heterocycles. The number of aliphatic carboxylic acids is 1. The van der Waals surface area contributed by atoms with Crippen LogP contribution >= 0.6 is 0 Å². The molecular weight excluding hydrogens is 242 g/mol. The fourth-order valence-corrected chi connectivity index (χ4v) is 2.04. The molecule has 0 aliphatic rings. The van der Waals surface area contributed by atoms with Crippen molar-refractivity contribution in [3.63, 3.8) is 0 Å². The Morgan fingerprint density at radius 3 is 2.42 bits per heavy atom. The van der Waals surface area contributed by atoms with Gasteiger partial charge in [-0.2, -0.15) is 0 Å². The van der Waals surface area contributed by atoms with Gasteiger partial charge in [-0.3, -0.25) is 9.59 Å². The molecule has 0 aliphatic carbocycles. The Morgan fingerprint density at radius 1 is 1.11 bits per heavy atom. The monoisotopic (exact) mass is 257 g/mol. The van der Waals surface area contributed by atoms with Crippen LogP contribution < -0.4 is 5.56 Å². The smallest absolute Gasteiger partial charge is 0.307 e. The van der Waals surface area contributed by atoms with Crippen LogP contribution in [0.5, 0.6) is 0 Å². The Bertz CT molecular complexity index is 658. The molecule has 19 heavy (non-hydrogen) atoms. The molecule has 0 saturated carbocycles. The van der Waals surface area contributed by atoms with Crippen molar-refractivity contribution >= 4 is 5.97 Å². The number of hydrogen-bond donors (Lipinski definition) is 1. The van der Waals surface area contributed by atoms with E-state index in [1.807, 2.05) is 31.2 Å². The molecule has 0 radical (unpaired) electrons. The Kier molecular flexibility index (Phi) is 3.80. The Labute approximate surface area is 110 Å². The molecule has 0 atom stereocenters. The van der Waals surface area contributed by atoms with E-state index in [4.69, 9.17) is 5.11 Å². The van der Waals surface area contributed by atoms with Gasteiger partial charge in [-0.1, -0.05) is 30.3 Å². The summed E-state index contributed by atoms with van der Waals surface area (Å²) in [6.07, 6.45) is -0.0309. The van der Waals surface area contributed by atoms with Crippen LogP contribution in [-0.2, 0) is 17.8 Å². The van der Waals surface area contributed by atoms with Gasteiger partial charge >= 0.3 is 5.97 Å². The predicted molar refractivity (Wildman–Crippen MR) is 72.3 cm³/mol. The van der Waals surface area contributed by atoms with E-state index >= 15 is 0 Å². The highest BCUT2D eigenvalue weighted by Crippen LogP contribution is 2.11. The molecule has 0 aliphatic heterocycles. The van der Waals surface area contributed by atoms with Crippen molar-refractivity contribution < 1.29 is 9.90 Å². The van der Waals surface area contributed by atoms with Gasteiger partial charge in [0, 0.05) is 11.8 Å². The van der Waals surface area contributed by atoms with E-state index in [2.05, 4.69) is 0 Å². The van der Waals surface area contributed by atoms with Crippen LogP contribution in [0.1, 0.15) is 16.8 Å². The summed E-state index contributed by atoms with van der Waals surface area (Å²) < 4.78 is 1.64. The lowest BCUT2D eigenvalue weighted by atomic mass is 10.0. The summed E-state index contributed by atoms with van der Waals surface area (Å²) in [5, 5.41) is 8.90. The van der Waals surface area contributed by atoms with Crippen LogP contribution in [0.25, 0.3) is 0 Å². The number of aryl methyl sites for hydroxylation is 1. The maximum absolute atomic E-state index is 11.8. The van der Waals surface area contributed by atoms with Gasteiger partial charge < -0.3 is 9.67 Å². The first-order valence-corrected chi connectivity index (χ1v) is 6.03. The first kappa shape index (κ1) is 13.1. The van der Waals surface area contributed by atoms with Crippen LogP contribution in [0.2, 0.25) is 0 Å². The van der Waals surface area contributed by atoms with E-state index in [9.17, 15) is 9.59 Å². The molecule has 1 aromatic carbocycles. The minimum Gasteiger partial charge on any atom is -0.481 e. The Morgan fingerprint density at radius 2 is 1.79 bits per heavy atom. The molecule has 4 nitrogen and oxygen atoms in total. The van der Waals surface area contributed by atoms with E-state index in [0.29, 0.717) is 6.54 Å². The second-order valence-electron chi connectivity index (χ2n) is 4.43. The van der Waals surface area contributed by atoms with Gasteiger partial charge in [0.1, 0.15) is 0 Å². The van der Waals surface area contributed by atoms with Gasteiger partial charge in [-0.05, 0) is 24.1 Å². The number of carbonyl (C=O) groups is 1. The quantitative estimate of drug-likeness (QED) is 0.909. The molecule has 98 valence electrons. The van der Waals surface area contributed by atoms with Crippen LogP contribution in [0.4, 0.5) is 0 Å². The zero-order chi connectivity index (χ0) is 13.8. The van der Waals surface area contributed by atoms with Crippen LogP contribution in [0.3, 0.4) is 0 Å². The third-order valence-electron chi connectivity index (χ3n) is 3.06. The molecule has 1 aromatic heterocycles. The summed E-state index contributed by atoms with van der Waals surface area (Å²) in [5.74, 6) is -0.871. The maximum Gasteiger partial charge on any atom is 0.307 e. The third-order valence-corrected chi connectivity index (χ3v) is 3.06. The summed E-state index contributed by atoms with van der Waals surface area (Å²) in [7, 11) is 0. The molecule has 0 amide bonds. The lowest BCUT2D eigenvalue weighted by Crippen LogP contribution is -2.22. The molecule has 0 fully saturated rings. The van der Waals surface area contributed by atoms with E-state index in [0.717, 1.165) is 16.8 Å².